The molecule has 0 aromatic carbocycles. The van der Waals surface area contributed by atoms with Crippen molar-refractivity contribution in [1.29, 1.82) is 0 Å². The van der Waals surface area contributed by atoms with Crippen molar-refractivity contribution in [3.8, 4) is 0 Å². The van der Waals surface area contributed by atoms with Gasteiger partial charge in [-0.15, -0.1) is 11.3 Å². The van der Waals surface area contributed by atoms with Gasteiger partial charge in [-0.05, 0) is 51.0 Å². The summed E-state index contributed by atoms with van der Waals surface area (Å²) < 4.78 is 0. The summed E-state index contributed by atoms with van der Waals surface area (Å²) in [5.74, 6) is 0.886. The van der Waals surface area contributed by atoms with E-state index in [2.05, 4.69) is 50.2 Å². The van der Waals surface area contributed by atoms with E-state index in [-0.39, 0.29) is 0 Å². The molecule has 5 nitrogen and oxygen atoms in total. The van der Waals surface area contributed by atoms with E-state index < -0.39 is 0 Å². The van der Waals surface area contributed by atoms with E-state index in [9.17, 15) is 0 Å². The standard InChI is InChI=1S/C18H27N5S/c1-14-9-15(2)20-18(19-14)23-7-5-22(6-8-23)12-17-10-16(13-24-17)11-21(3)4/h9-10,13H,5-8,11-12H2,1-4H3. The maximum atomic E-state index is 4.59. The van der Waals surface area contributed by atoms with Crippen molar-refractivity contribution in [1.82, 2.24) is 19.8 Å². The van der Waals surface area contributed by atoms with Gasteiger partial charge < -0.3 is 9.80 Å². The van der Waals surface area contributed by atoms with Crippen LogP contribution in [0, 0.1) is 13.8 Å². The molecule has 0 spiro atoms. The summed E-state index contributed by atoms with van der Waals surface area (Å²) in [5.41, 5.74) is 3.51. The van der Waals surface area contributed by atoms with Crippen LogP contribution in [-0.4, -0.2) is 60.0 Å². The molecule has 0 amide bonds. The van der Waals surface area contributed by atoms with E-state index in [0.29, 0.717) is 0 Å². The van der Waals surface area contributed by atoms with Gasteiger partial charge >= 0.3 is 0 Å². The van der Waals surface area contributed by atoms with Crippen molar-refractivity contribution in [2.45, 2.75) is 26.9 Å². The summed E-state index contributed by atoms with van der Waals surface area (Å²) in [6.07, 6.45) is 0. The molecule has 0 radical (unpaired) electrons. The van der Waals surface area contributed by atoms with Crippen LogP contribution in [0.3, 0.4) is 0 Å². The van der Waals surface area contributed by atoms with Gasteiger partial charge in [0.1, 0.15) is 0 Å². The Kier molecular flexibility index (Phi) is 5.48. The topological polar surface area (TPSA) is 35.5 Å². The fraction of sp³-hybridized carbons (Fsp3) is 0.556. The molecule has 24 heavy (non-hydrogen) atoms. The lowest BCUT2D eigenvalue weighted by molar-refractivity contribution is 0.250. The molecule has 0 N–H and O–H groups in total. The highest BCUT2D eigenvalue weighted by Gasteiger charge is 2.20. The lowest BCUT2D eigenvalue weighted by Gasteiger charge is -2.34. The van der Waals surface area contributed by atoms with Gasteiger partial charge in [0, 0.05) is 55.5 Å². The lowest BCUT2D eigenvalue weighted by atomic mass is 10.2. The minimum absolute atomic E-state index is 0.886. The van der Waals surface area contributed by atoms with Crippen LogP contribution in [0.1, 0.15) is 21.8 Å². The minimum atomic E-state index is 0.886. The van der Waals surface area contributed by atoms with Crippen molar-refractivity contribution in [2.75, 3.05) is 45.2 Å². The highest BCUT2D eigenvalue weighted by atomic mass is 32.1. The Labute approximate surface area is 148 Å². The number of anilines is 1. The smallest absolute Gasteiger partial charge is 0.225 e. The first-order chi connectivity index (χ1) is 11.5. The van der Waals surface area contributed by atoms with Crippen LogP contribution in [0.15, 0.2) is 17.5 Å². The van der Waals surface area contributed by atoms with Crippen LogP contribution < -0.4 is 4.90 Å². The molecular weight excluding hydrogens is 318 g/mol. The molecule has 6 heteroatoms. The summed E-state index contributed by atoms with van der Waals surface area (Å²) in [4.78, 5) is 17.7. The lowest BCUT2D eigenvalue weighted by Crippen LogP contribution is -2.46. The Balaban J connectivity index is 1.54. The van der Waals surface area contributed by atoms with E-state index in [1.54, 1.807) is 0 Å². The highest BCUT2D eigenvalue weighted by Crippen LogP contribution is 2.19. The summed E-state index contributed by atoms with van der Waals surface area (Å²) in [6.45, 7) is 10.3. The average molecular weight is 346 g/mol. The first kappa shape index (κ1) is 17.3. The molecule has 0 atom stereocenters. The summed E-state index contributed by atoms with van der Waals surface area (Å²) >= 11 is 1.88. The summed E-state index contributed by atoms with van der Waals surface area (Å²) in [7, 11) is 4.23. The molecule has 0 aliphatic carbocycles. The van der Waals surface area contributed by atoms with Gasteiger partial charge in [-0.25, -0.2) is 9.97 Å². The summed E-state index contributed by atoms with van der Waals surface area (Å²) in [5, 5.41) is 2.29. The van der Waals surface area contributed by atoms with Gasteiger partial charge in [-0.1, -0.05) is 0 Å². The van der Waals surface area contributed by atoms with Crippen LogP contribution in [0.4, 0.5) is 5.95 Å². The number of piperazine rings is 1. The maximum Gasteiger partial charge on any atom is 0.225 e. The van der Waals surface area contributed by atoms with E-state index in [4.69, 9.17) is 0 Å². The zero-order valence-electron chi connectivity index (χ0n) is 15.1. The second-order valence-corrected chi connectivity index (χ2v) is 7.87. The van der Waals surface area contributed by atoms with Gasteiger partial charge in [0.15, 0.2) is 0 Å². The van der Waals surface area contributed by atoms with E-state index in [1.165, 1.54) is 10.4 Å². The van der Waals surface area contributed by atoms with Crippen molar-refractivity contribution in [3.63, 3.8) is 0 Å². The third-order valence-corrected chi connectivity index (χ3v) is 5.18. The maximum absolute atomic E-state index is 4.59. The first-order valence-corrected chi connectivity index (χ1v) is 9.38. The quantitative estimate of drug-likeness (QED) is 0.832. The normalized spacial score (nSPS) is 16.1. The second kappa shape index (κ2) is 7.59. The monoisotopic (exact) mass is 345 g/mol. The van der Waals surface area contributed by atoms with Crippen LogP contribution in [-0.2, 0) is 13.1 Å². The van der Waals surface area contributed by atoms with Crippen LogP contribution in [0.2, 0.25) is 0 Å². The van der Waals surface area contributed by atoms with Gasteiger partial charge in [-0.2, -0.15) is 0 Å². The molecule has 2 aromatic heterocycles. The van der Waals surface area contributed by atoms with Crippen LogP contribution in [0.25, 0.3) is 0 Å². The number of rotatable bonds is 5. The Bertz CT molecular complexity index is 654. The predicted molar refractivity (Wildman–Crippen MR) is 101 cm³/mol. The largest absolute Gasteiger partial charge is 0.338 e. The Hall–Kier alpha value is -1.50. The molecule has 3 heterocycles. The zero-order chi connectivity index (χ0) is 17.1. The van der Waals surface area contributed by atoms with Crippen molar-refractivity contribution < 1.29 is 0 Å². The van der Waals surface area contributed by atoms with Crippen LogP contribution in [0.5, 0.6) is 0 Å². The third kappa shape index (κ3) is 4.53. The Morgan fingerprint density at radius 1 is 1.04 bits per heavy atom. The fourth-order valence-corrected chi connectivity index (χ4v) is 4.05. The molecule has 2 aromatic rings. The number of nitrogens with zero attached hydrogens (tertiary/aromatic N) is 5. The molecule has 130 valence electrons. The van der Waals surface area contributed by atoms with Crippen molar-refractivity contribution in [2.24, 2.45) is 0 Å². The molecule has 1 saturated heterocycles. The first-order valence-electron chi connectivity index (χ1n) is 8.50. The van der Waals surface area contributed by atoms with Gasteiger partial charge in [0.2, 0.25) is 5.95 Å². The number of aromatic nitrogens is 2. The summed E-state index contributed by atoms with van der Waals surface area (Å²) in [6, 6.07) is 4.38. The molecule has 0 unspecified atom stereocenters. The average Bonchev–Trinajstić information content (AvgIpc) is 2.93. The van der Waals surface area contributed by atoms with E-state index in [0.717, 1.165) is 56.6 Å². The van der Waals surface area contributed by atoms with Gasteiger partial charge in [0.25, 0.3) is 0 Å². The second-order valence-electron chi connectivity index (χ2n) is 6.87. The molecule has 1 aliphatic heterocycles. The Morgan fingerprint density at radius 3 is 2.33 bits per heavy atom. The predicted octanol–water partition coefficient (Wildman–Crippen LogP) is 2.54. The van der Waals surface area contributed by atoms with E-state index in [1.807, 2.05) is 31.3 Å². The van der Waals surface area contributed by atoms with Gasteiger partial charge in [0.05, 0.1) is 0 Å². The van der Waals surface area contributed by atoms with Crippen molar-refractivity contribution in [3.05, 3.63) is 39.3 Å². The molecule has 0 bridgehead atoms. The van der Waals surface area contributed by atoms with Gasteiger partial charge in [-0.3, -0.25) is 4.90 Å². The zero-order valence-corrected chi connectivity index (χ0v) is 15.9. The molecular formula is C18H27N5S. The number of aryl methyl sites for hydroxylation is 2. The molecule has 3 rings (SSSR count). The molecule has 1 fully saturated rings. The SMILES string of the molecule is Cc1cc(C)nc(N2CCN(Cc3cc(CN(C)C)cs3)CC2)n1. The number of thiophene rings is 1. The van der Waals surface area contributed by atoms with E-state index >= 15 is 0 Å². The highest BCUT2D eigenvalue weighted by molar-refractivity contribution is 7.10. The third-order valence-electron chi connectivity index (χ3n) is 4.21. The molecule has 0 saturated carbocycles. The number of hydrogen-bond donors (Lipinski definition) is 0. The van der Waals surface area contributed by atoms with Crippen LogP contribution >= 0.6 is 11.3 Å². The minimum Gasteiger partial charge on any atom is -0.338 e. The number of hydrogen-bond acceptors (Lipinski definition) is 6. The Morgan fingerprint density at radius 2 is 1.71 bits per heavy atom. The molecule has 1 aliphatic rings. The van der Waals surface area contributed by atoms with Crippen molar-refractivity contribution >= 4 is 17.3 Å². The fourth-order valence-electron chi connectivity index (χ4n) is 3.13.